The van der Waals surface area contributed by atoms with E-state index in [1.165, 1.54) is 19.0 Å². The standard InChI is InChI=1S/C28H26N4O5/c1-18-24(28(35)32(31-18)23-12-10-22(11-13-23)29-19(2)33)15-20-9-14-25(26(16-20)36-3)37-17-27(34)30-21-7-5-4-6-8-21/h4-16H,17H2,1-3H3,(H,29,33)(H,30,34)/b24-15-. The molecule has 0 fully saturated rings. The Hall–Kier alpha value is -4.92. The van der Waals surface area contributed by atoms with Gasteiger partial charge in [0.1, 0.15) is 0 Å². The van der Waals surface area contributed by atoms with Gasteiger partial charge in [-0.15, -0.1) is 0 Å². The average molecular weight is 499 g/mol. The summed E-state index contributed by atoms with van der Waals surface area (Å²) >= 11 is 0. The van der Waals surface area contributed by atoms with Crippen molar-refractivity contribution in [3.8, 4) is 11.5 Å². The summed E-state index contributed by atoms with van der Waals surface area (Å²) in [6.45, 7) is 3.00. The molecule has 9 nitrogen and oxygen atoms in total. The molecule has 1 aliphatic heterocycles. The van der Waals surface area contributed by atoms with Gasteiger partial charge in [-0.1, -0.05) is 24.3 Å². The summed E-state index contributed by atoms with van der Waals surface area (Å²) in [6.07, 6.45) is 1.72. The molecule has 3 amide bonds. The van der Waals surface area contributed by atoms with Crippen molar-refractivity contribution in [2.45, 2.75) is 13.8 Å². The van der Waals surface area contributed by atoms with Crippen molar-refractivity contribution in [3.05, 3.63) is 83.9 Å². The highest BCUT2D eigenvalue weighted by Gasteiger charge is 2.28. The molecule has 0 atom stereocenters. The van der Waals surface area contributed by atoms with Crippen LogP contribution in [0.4, 0.5) is 17.1 Å². The Kier molecular flexibility index (Phi) is 7.63. The van der Waals surface area contributed by atoms with E-state index in [2.05, 4.69) is 15.7 Å². The van der Waals surface area contributed by atoms with Crippen molar-refractivity contribution in [1.82, 2.24) is 0 Å². The van der Waals surface area contributed by atoms with Gasteiger partial charge in [0, 0.05) is 18.3 Å². The molecule has 0 bridgehead atoms. The van der Waals surface area contributed by atoms with Crippen LogP contribution in [0, 0.1) is 0 Å². The molecule has 0 saturated carbocycles. The van der Waals surface area contributed by atoms with E-state index >= 15 is 0 Å². The number of anilines is 3. The summed E-state index contributed by atoms with van der Waals surface area (Å²) in [7, 11) is 1.50. The molecule has 188 valence electrons. The Balaban J connectivity index is 1.45. The quantitative estimate of drug-likeness (QED) is 0.445. The highest BCUT2D eigenvalue weighted by Crippen LogP contribution is 2.31. The van der Waals surface area contributed by atoms with Gasteiger partial charge in [-0.25, -0.2) is 0 Å². The zero-order valence-corrected chi connectivity index (χ0v) is 20.6. The van der Waals surface area contributed by atoms with E-state index in [0.717, 1.165) is 0 Å². The van der Waals surface area contributed by atoms with Crippen LogP contribution in [0.15, 0.2) is 83.5 Å². The number of hydrogen-bond donors (Lipinski definition) is 2. The van der Waals surface area contributed by atoms with Gasteiger partial charge >= 0.3 is 0 Å². The van der Waals surface area contributed by atoms with E-state index in [-0.39, 0.29) is 24.3 Å². The number of methoxy groups -OCH3 is 1. The number of carbonyl (C=O) groups is 3. The number of rotatable bonds is 8. The van der Waals surface area contributed by atoms with Crippen LogP contribution in [-0.2, 0) is 14.4 Å². The number of amides is 3. The number of benzene rings is 3. The fourth-order valence-electron chi connectivity index (χ4n) is 3.67. The van der Waals surface area contributed by atoms with Crippen molar-refractivity contribution in [3.63, 3.8) is 0 Å². The van der Waals surface area contributed by atoms with Gasteiger partial charge in [-0.05, 0) is 67.1 Å². The van der Waals surface area contributed by atoms with Gasteiger partial charge in [-0.2, -0.15) is 10.1 Å². The lowest BCUT2D eigenvalue weighted by atomic mass is 10.1. The molecule has 3 aromatic carbocycles. The fraction of sp³-hybridized carbons (Fsp3) is 0.143. The maximum Gasteiger partial charge on any atom is 0.280 e. The van der Waals surface area contributed by atoms with Gasteiger partial charge in [0.25, 0.3) is 11.8 Å². The fourth-order valence-corrected chi connectivity index (χ4v) is 3.67. The van der Waals surface area contributed by atoms with Crippen molar-refractivity contribution >= 4 is 46.6 Å². The third-order valence-corrected chi connectivity index (χ3v) is 5.41. The highest BCUT2D eigenvalue weighted by molar-refractivity contribution is 6.32. The molecule has 0 spiro atoms. The lowest BCUT2D eigenvalue weighted by molar-refractivity contribution is -0.118. The molecule has 3 aromatic rings. The molecule has 4 rings (SSSR count). The van der Waals surface area contributed by atoms with Gasteiger partial charge in [0.15, 0.2) is 18.1 Å². The number of hydrogen-bond acceptors (Lipinski definition) is 6. The lowest BCUT2D eigenvalue weighted by Gasteiger charge is -2.13. The molecule has 2 N–H and O–H groups in total. The first kappa shape index (κ1) is 25.2. The molecule has 1 aliphatic rings. The minimum Gasteiger partial charge on any atom is -0.493 e. The van der Waals surface area contributed by atoms with Gasteiger partial charge < -0.3 is 20.1 Å². The molecule has 1 heterocycles. The number of nitrogens with one attached hydrogen (secondary N) is 2. The molecule has 0 aromatic heterocycles. The van der Waals surface area contributed by atoms with E-state index < -0.39 is 0 Å². The molecular weight excluding hydrogens is 472 g/mol. The first-order valence-corrected chi connectivity index (χ1v) is 11.5. The Morgan fingerprint density at radius 2 is 1.65 bits per heavy atom. The van der Waals surface area contributed by atoms with Crippen LogP contribution >= 0.6 is 0 Å². The number of hydrazone groups is 1. The molecular formula is C28H26N4O5. The minimum absolute atomic E-state index is 0.175. The summed E-state index contributed by atoms with van der Waals surface area (Å²) in [4.78, 5) is 36.5. The second-order valence-corrected chi connectivity index (χ2v) is 8.20. The first-order valence-electron chi connectivity index (χ1n) is 11.5. The van der Waals surface area contributed by atoms with Crippen molar-refractivity contribution in [2.24, 2.45) is 5.10 Å². The largest absolute Gasteiger partial charge is 0.493 e. The SMILES string of the molecule is COc1cc(/C=C2\C(=O)N(c3ccc(NC(C)=O)cc3)N=C2C)ccc1OCC(=O)Nc1ccccc1. The third-order valence-electron chi connectivity index (χ3n) is 5.41. The monoisotopic (exact) mass is 498 g/mol. The normalized spacial score (nSPS) is 13.8. The van der Waals surface area contributed by atoms with Crippen LogP contribution in [-0.4, -0.2) is 37.1 Å². The van der Waals surface area contributed by atoms with Crippen LogP contribution in [0.5, 0.6) is 11.5 Å². The van der Waals surface area contributed by atoms with E-state index in [1.807, 2.05) is 18.2 Å². The molecule has 9 heteroatoms. The predicted molar refractivity (Wildman–Crippen MR) is 143 cm³/mol. The van der Waals surface area contributed by atoms with Crippen LogP contribution in [0.2, 0.25) is 0 Å². The Bertz CT molecular complexity index is 1380. The molecule has 37 heavy (non-hydrogen) atoms. The van der Waals surface area contributed by atoms with Crippen LogP contribution in [0.3, 0.4) is 0 Å². The zero-order valence-electron chi connectivity index (χ0n) is 20.6. The third kappa shape index (κ3) is 6.21. The molecule has 0 unspecified atom stereocenters. The van der Waals surface area contributed by atoms with Gasteiger partial charge in [-0.3, -0.25) is 14.4 Å². The second-order valence-electron chi connectivity index (χ2n) is 8.20. The van der Waals surface area contributed by atoms with Crippen molar-refractivity contribution in [1.29, 1.82) is 0 Å². The van der Waals surface area contributed by atoms with Crippen molar-refractivity contribution in [2.75, 3.05) is 29.4 Å². The molecule has 0 saturated heterocycles. The van der Waals surface area contributed by atoms with E-state index in [0.29, 0.717) is 45.4 Å². The summed E-state index contributed by atoms with van der Waals surface area (Å²) in [5.74, 6) is 0.0743. The topological polar surface area (TPSA) is 109 Å². The van der Waals surface area contributed by atoms with E-state index in [4.69, 9.17) is 9.47 Å². The van der Waals surface area contributed by atoms with E-state index in [9.17, 15) is 14.4 Å². The summed E-state index contributed by atoms with van der Waals surface area (Å²) in [5.41, 5.74) is 3.60. The first-order chi connectivity index (χ1) is 17.8. The number of ether oxygens (including phenoxy) is 2. The van der Waals surface area contributed by atoms with Gasteiger partial charge in [0.05, 0.1) is 24.1 Å². The molecule has 0 aliphatic carbocycles. The van der Waals surface area contributed by atoms with Crippen LogP contribution in [0.25, 0.3) is 6.08 Å². The number of para-hydroxylation sites is 1. The average Bonchev–Trinajstić information content (AvgIpc) is 3.17. The maximum absolute atomic E-state index is 13.1. The number of carbonyl (C=O) groups excluding carboxylic acids is 3. The minimum atomic E-state index is -0.298. The van der Waals surface area contributed by atoms with Gasteiger partial charge in [0.2, 0.25) is 5.91 Å². The Morgan fingerprint density at radius 3 is 2.32 bits per heavy atom. The smallest absolute Gasteiger partial charge is 0.280 e. The highest BCUT2D eigenvalue weighted by atomic mass is 16.5. The maximum atomic E-state index is 13.1. The van der Waals surface area contributed by atoms with Crippen LogP contribution in [0.1, 0.15) is 19.4 Å². The summed E-state index contributed by atoms with van der Waals surface area (Å²) < 4.78 is 11.1. The van der Waals surface area contributed by atoms with E-state index in [1.54, 1.807) is 67.6 Å². The lowest BCUT2D eigenvalue weighted by Crippen LogP contribution is -2.21. The Morgan fingerprint density at radius 1 is 0.946 bits per heavy atom. The summed E-state index contributed by atoms with van der Waals surface area (Å²) in [5, 5.41) is 11.2. The zero-order chi connectivity index (χ0) is 26.4. The summed E-state index contributed by atoms with van der Waals surface area (Å²) in [6, 6.07) is 21.1. The second kappa shape index (κ2) is 11.2. The Labute approximate surface area is 214 Å². The number of nitrogens with zero attached hydrogens (tertiary/aromatic N) is 2. The molecule has 0 radical (unpaired) electrons. The van der Waals surface area contributed by atoms with Crippen LogP contribution < -0.4 is 25.1 Å². The van der Waals surface area contributed by atoms with Crippen molar-refractivity contribution < 1.29 is 23.9 Å². The predicted octanol–water partition coefficient (Wildman–Crippen LogP) is 4.48.